The molecule has 2 aliphatic heterocycles. The van der Waals surface area contributed by atoms with Gasteiger partial charge in [-0.15, -0.1) is 0 Å². The number of halogens is 3. The Balaban J connectivity index is 1.25. The van der Waals surface area contributed by atoms with Crippen LogP contribution in [0, 0.1) is 13.8 Å². The topological polar surface area (TPSA) is 51.6 Å². The van der Waals surface area contributed by atoms with Crippen molar-refractivity contribution in [3.05, 3.63) is 62.9 Å². The van der Waals surface area contributed by atoms with Crippen LogP contribution in [0.25, 0.3) is 0 Å². The highest BCUT2D eigenvalue weighted by Crippen LogP contribution is 2.28. The van der Waals surface area contributed by atoms with Crippen molar-refractivity contribution in [1.82, 2.24) is 15.0 Å². The zero-order chi connectivity index (χ0) is 24.5. The smallest absolute Gasteiger partial charge is 0.231 e. The van der Waals surface area contributed by atoms with Crippen LogP contribution in [0.3, 0.4) is 0 Å². The number of aryl methyl sites for hydroxylation is 2. The number of rotatable bonds is 4. The highest BCUT2D eigenvalue weighted by atomic mass is 35.5. The summed E-state index contributed by atoms with van der Waals surface area (Å²) < 4.78 is 0. The Hall–Kier alpha value is -2.48. The van der Waals surface area contributed by atoms with Gasteiger partial charge in [0.2, 0.25) is 17.2 Å². The molecule has 2 aromatic carbocycles. The van der Waals surface area contributed by atoms with Crippen molar-refractivity contribution in [2.24, 2.45) is 0 Å². The van der Waals surface area contributed by atoms with Crippen LogP contribution in [0.2, 0.25) is 15.3 Å². The summed E-state index contributed by atoms with van der Waals surface area (Å²) in [5, 5.41) is 1.74. The van der Waals surface area contributed by atoms with E-state index in [1.54, 1.807) is 0 Å². The molecule has 2 saturated heterocycles. The third kappa shape index (κ3) is 5.37. The van der Waals surface area contributed by atoms with Crippen molar-refractivity contribution >= 4 is 58.1 Å². The number of aromatic nitrogens is 3. The van der Waals surface area contributed by atoms with Gasteiger partial charge >= 0.3 is 0 Å². The molecule has 7 nitrogen and oxygen atoms in total. The van der Waals surface area contributed by atoms with Crippen LogP contribution in [0.5, 0.6) is 0 Å². The molecule has 0 amide bonds. The van der Waals surface area contributed by atoms with Gasteiger partial charge in [-0.2, -0.15) is 15.0 Å². The van der Waals surface area contributed by atoms with E-state index in [1.165, 1.54) is 22.5 Å². The maximum Gasteiger partial charge on any atom is 0.231 e. The monoisotopic (exact) mass is 531 g/mol. The average molecular weight is 533 g/mol. The molecule has 184 valence electrons. The number of anilines is 4. The average Bonchev–Trinajstić information content (AvgIpc) is 2.87. The van der Waals surface area contributed by atoms with E-state index in [4.69, 9.17) is 39.8 Å². The third-order valence-corrected chi connectivity index (χ3v) is 7.37. The molecule has 2 aliphatic rings. The first-order valence-electron chi connectivity index (χ1n) is 11.8. The second-order valence-electron chi connectivity index (χ2n) is 9.01. The summed E-state index contributed by atoms with van der Waals surface area (Å²) >= 11 is 18.8. The van der Waals surface area contributed by atoms with Crippen molar-refractivity contribution in [3.63, 3.8) is 0 Å². The molecular weight excluding hydrogens is 505 g/mol. The highest BCUT2D eigenvalue weighted by molar-refractivity contribution is 6.31. The van der Waals surface area contributed by atoms with Crippen LogP contribution < -0.4 is 19.6 Å². The van der Waals surface area contributed by atoms with E-state index in [1.807, 2.05) is 24.3 Å². The largest absolute Gasteiger partial charge is 0.368 e. The lowest BCUT2D eigenvalue weighted by Crippen LogP contribution is -2.48. The van der Waals surface area contributed by atoms with E-state index in [-0.39, 0.29) is 5.28 Å². The Morgan fingerprint density at radius 3 is 1.31 bits per heavy atom. The molecule has 3 heterocycles. The van der Waals surface area contributed by atoms with E-state index in [0.29, 0.717) is 11.9 Å². The lowest BCUT2D eigenvalue weighted by atomic mass is 10.1. The first-order valence-corrected chi connectivity index (χ1v) is 12.9. The van der Waals surface area contributed by atoms with Crippen molar-refractivity contribution in [2.45, 2.75) is 13.8 Å². The minimum absolute atomic E-state index is 0.228. The molecule has 0 aliphatic carbocycles. The lowest BCUT2D eigenvalue weighted by Gasteiger charge is -2.38. The summed E-state index contributed by atoms with van der Waals surface area (Å²) in [7, 11) is 0. The van der Waals surface area contributed by atoms with Gasteiger partial charge in [-0.25, -0.2) is 0 Å². The maximum absolute atomic E-state index is 6.35. The molecule has 0 spiro atoms. The second-order valence-corrected chi connectivity index (χ2v) is 10.2. The fourth-order valence-corrected chi connectivity index (χ4v) is 5.24. The van der Waals surface area contributed by atoms with Gasteiger partial charge in [0.1, 0.15) is 0 Å². The molecule has 0 N–H and O–H groups in total. The number of hydrogen-bond donors (Lipinski definition) is 0. The van der Waals surface area contributed by atoms with Crippen molar-refractivity contribution < 1.29 is 0 Å². The van der Waals surface area contributed by atoms with Crippen LogP contribution in [0.1, 0.15) is 11.1 Å². The van der Waals surface area contributed by atoms with Gasteiger partial charge in [0.15, 0.2) is 0 Å². The first kappa shape index (κ1) is 24.2. The summed E-state index contributed by atoms with van der Waals surface area (Å²) in [5.74, 6) is 1.27. The Bertz CT molecular complexity index is 1120. The Morgan fingerprint density at radius 1 is 0.543 bits per heavy atom. The molecule has 10 heteroatoms. The number of nitrogens with zero attached hydrogens (tertiary/aromatic N) is 7. The highest BCUT2D eigenvalue weighted by Gasteiger charge is 2.25. The van der Waals surface area contributed by atoms with E-state index >= 15 is 0 Å². The Labute approximate surface area is 221 Å². The predicted octanol–water partition coefficient (Wildman–Crippen LogP) is 5.10. The number of benzene rings is 2. The predicted molar refractivity (Wildman–Crippen MR) is 146 cm³/mol. The van der Waals surface area contributed by atoms with Gasteiger partial charge in [0.25, 0.3) is 0 Å². The van der Waals surface area contributed by atoms with E-state index in [9.17, 15) is 0 Å². The summed E-state index contributed by atoms with van der Waals surface area (Å²) in [5.41, 5.74) is 4.81. The van der Waals surface area contributed by atoms with Crippen molar-refractivity contribution in [2.75, 3.05) is 72.0 Å². The van der Waals surface area contributed by atoms with E-state index in [0.717, 1.165) is 62.4 Å². The molecule has 0 radical (unpaired) electrons. The van der Waals surface area contributed by atoms with Crippen LogP contribution in [-0.4, -0.2) is 67.3 Å². The van der Waals surface area contributed by atoms with Gasteiger partial charge in [0.05, 0.1) is 0 Å². The van der Waals surface area contributed by atoms with Gasteiger partial charge in [-0.1, -0.05) is 35.3 Å². The summed E-state index contributed by atoms with van der Waals surface area (Å²) in [6, 6.07) is 12.1. The van der Waals surface area contributed by atoms with Gasteiger partial charge in [0, 0.05) is 73.8 Å². The van der Waals surface area contributed by atoms with Crippen LogP contribution in [0.4, 0.5) is 23.3 Å². The molecule has 2 fully saturated rings. The van der Waals surface area contributed by atoms with Gasteiger partial charge < -0.3 is 19.6 Å². The summed E-state index contributed by atoms with van der Waals surface area (Å²) in [4.78, 5) is 22.8. The molecule has 0 unspecified atom stereocenters. The molecule has 0 bridgehead atoms. The fraction of sp³-hybridized carbons (Fsp3) is 0.400. The molecule has 3 aromatic rings. The maximum atomic E-state index is 6.35. The Morgan fingerprint density at radius 2 is 0.914 bits per heavy atom. The molecule has 1 aromatic heterocycles. The lowest BCUT2D eigenvalue weighted by molar-refractivity contribution is 0.622. The molecule has 5 rings (SSSR count). The van der Waals surface area contributed by atoms with E-state index in [2.05, 4.69) is 55.5 Å². The van der Waals surface area contributed by atoms with Crippen LogP contribution in [0.15, 0.2) is 36.4 Å². The summed E-state index contributed by atoms with van der Waals surface area (Å²) in [6.45, 7) is 10.9. The SMILES string of the molecule is Cc1ccc(Cl)cc1N1CCN(c2nc(Cl)nc(N3CCN(c4cc(Cl)ccc4C)CC3)n2)CC1. The normalized spacial score (nSPS) is 16.7. The third-order valence-electron chi connectivity index (χ3n) is 6.73. The molecular formula is C25H28Cl3N7. The van der Waals surface area contributed by atoms with Gasteiger partial charge in [-0.3, -0.25) is 0 Å². The van der Waals surface area contributed by atoms with Crippen molar-refractivity contribution in [3.8, 4) is 0 Å². The molecule has 35 heavy (non-hydrogen) atoms. The minimum atomic E-state index is 0.228. The van der Waals surface area contributed by atoms with Crippen LogP contribution in [-0.2, 0) is 0 Å². The quantitative estimate of drug-likeness (QED) is 0.463. The van der Waals surface area contributed by atoms with Crippen molar-refractivity contribution in [1.29, 1.82) is 0 Å². The standard InChI is InChI=1S/C25H28Cl3N7/c1-17-3-5-19(26)15-21(17)32-7-11-34(12-8-32)24-29-23(28)30-25(31-24)35-13-9-33(10-14-35)22-16-20(27)6-4-18(22)2/h3-6,15-16H,7-14H2,1-2H3. The molecule has 0 atom stereocenters. The Kier molecular flexibility index (Phi) is 7.09. The summed E-state index contributed by atoms with van der Waals surface area (Å²) in [6.07, 6.45) is 0. The number of piperazine rings is 2. The van der Waals surface area contributed by atoms with E-state index < -0.39 is 0 Å². The minimum Gasteiger partial charge on any atom is -0.368 e. The zero-order valence-corrected chi connectivity index (χ0v) is 22.2. The second kappa shape index (κ2) is 10.2. The van der Waals surface area contributed by atoms with Gasteiger partial charge in [-0.05, 0) is 60.8 Å². The van der Waals surface area contributed by atoms with Crippen LogP contribution >= 0.6 is 34.8 Å². The zero-order valence-electron chi connectivity index (χ0n) is 19.9. The molecule has 0 saturated carbocycles. The number of hydrogen-bond acceptors (Lipinski definition) is 7. The fourth-order valence-electron chi connectivity index (χ4n) is 4.75. The first-order chi connectivity index (χ1) is 16.9.